The van der Waals surface area contributed by atoms with Gasteiger partial charge in [0, 0.05) is 19.5 Å². The molecule has 1 atom stereocenters. The van der Waals surface area contributed by atoms with Crippen LogP contribution in [-0.4, -0.2) is 23.3 Å². The molecular weight excluding hydrogens is 396 g/mol. The van der Waals surface area contributed by atoms with Crippen molar-refractivity contribution in [1.82, 2.24) is 10.2 Å². The average molecular weight is 429 g/mol. The van der Waals surface area contributed by atoms with Crippen molar-refractivity contribution in [2.75, 3.05) is 6.54 Å². The molecule has 4 nitrogen and oxygen atoms in total. The van der Waals surface area contributed by atoms with Crippen molar-refractivity contribution in [2.24, 2.45) is 0 Å². The standard InChI is InChI=1S/C28H32N2O2/c1-2-3-21-29-28(32)27(25-17-11-6-12-18-25)30(22-24-15-9-5-10-16-24)26(31)20-19-23-13-7-4-8-14-23/h4-18,27H,2-3,19-22H2,1H3,(H,29,32)/t27-/m0/s1. The molecule has 0 spiro atoms. The van der Waals surface area contributed by atoms with E-state index in [4.69, 9.17) is 0 Å². The summed E-state index contributed by atoms with van der Waals surface area (Å²) >= 11 is 0. The third-order valence-corrected chi connectivity index (χ3v) is 5.49. The minimum atomic E-state index is -0.670. The topological polar surface area (TPSA) is 49.4 Å². The Morgan fingerprint density at radius 1 is 0.812 bits per heavy atom. The Hall–Kier alpha value is -3.40. The molecule has 1 N–H and O–H groups in total. The molecule has 0 bridgehead atoms. The largest absolute Gasteiger partial charge is 0.354 e. The summed E-state index contributed by atoms with van der Waals surface area (Å²) in [5, 5.41) is 3.04. The van der Waals surface area contributed by atoms with E-state index in [1.165, 1.54) is 0 Å². The summed E-state index contributed by atoms with van der Waals surface area (Å²) in [6, 6.07) is 28.8. The second-order valence-corrected chi connectivity index (χ2v) is 7.95. The maximum Gasteiger partial charge on any atom is 0.247 e. The van der Waals surface area contributed by atoms with E-state index in [0.29, 0.717) is 25.9 Å². The summed E-state index contributed by atoms with van der Waals surface area (Å²) in [4.78, 5) is 28.6. The molecule has 0 saturated carbocycles. The fourth-order valence-corrected chi connectivity index (χ4v) is 3.74. The molecular formula is C28H32N2O2. The first-order valence-corrected chi connectivity index (χ1v) is 11.4. The molecule has 3 rings (SSSR count). The minimum absolute atomic E-state index is 0.0304. The molecule has 4 heteroatoms. The molecule has 0 aliphatic carbocycles. The Kier molecular flexibility index (Phi) is 9.05. The van der Waals surface area contributed by atoms with Gasteiger partial charge in [0.05, 0.1) is 0 Å². The van der Waals surface area contributed by atoms with Crippen LogP contribution in [0.3, 0.4) is 0 Å². The van der Waals surface area contributed by atoms with Gasteiger partial charge in [0.2, 0.25) is 11.8 Å². The number of aryl methyl sites for hydroxylation is 1. The summed E-state index contributed by atoms with van der Waals surface area (Å²) in [5.41, 5.74) is 2.94. The van der Waals surface area contributed by atoms with Crippen LogP contribution in [0.25, 0.3) is 0 Å². The van der Waals surface area contributed by atoms with Crippen molar-refractivity contribution in [3.8, 4) is 0 Å². The second-order valence-electron chi connectivity index (χ2n) is 7.95. The highest BCUT2D eigenvalue weighted by molar-refractivity contribution is 5.88. The van der Waals surface area contributed by atoms with Gasteiger partial charge in [-0.2, -0.15) is 0 Å². The predicted octanol–water partition coefficient (Wildman–Crippen LogP) is 5.31. The van der Waals surface area contributed by atoms with E-state index in [2.05, 4.69) is 12.2 Å². The summed E-state index contributed by atoms with van der Waals surface area (Å²) in [5.74, 6) is -0.161. The van der Waals surface area contributed by atoms with Crippen molar-refractivity contribution in [1.29, 1.82) is 0 Å². The van der Waals surface area contributed by atoms with E-state index in [0.717, 1.165) is 29.5 Å². The number of nitrogens with one attached hydrogen (secondary N) is 1. The summed E-state index contributed by atoms with van der Waals surface area (Å²) in [7, 11) is 0. The van der Waals surface area contributed by atoms with E-state index in [9.17, 15) is 9.59 Å². The zero-order valence-corrected chi connectivity index (χ0v) is 18.7. The van der Waals surface area contributed by atoms with Gasteiger partial charge in [-0.1, -0.05) is 104 Å². The van der Waals surface area contributed by atoms with Gasteiger partial charge in [-0.05, 0) is 29.5 Å². The Morgan fingerprint density at radius 3 is 1.97 bits per heavy atom. The van der Waals surface area contributed by atoms with Crippen LogP contribution in [0.15, 0.2) is 91.0 Å². The van der Waals surface area contributed by atoms with Gasteiger partial charge in [-0.15, -0.1) is 0 Å². The first-order chi connectivity index (χ1) is 15.7. The molecule has 32 heavy (non-hydrogen) atoms. The van der Waals surface area contributed by atoms with Gasteiger partial charge in [0.25, 0.3) is 0 Å². The van der Waals surface area contributed by atoms with Gasteiger partial charge < -0.3 is 10.2 Å². The first-order valence-electron chi connectivity index (χ1n) is 11.4. The number of carbonyl (C=O) groups excluding carboxylic acids is 2. The van der Waals surface area contributed by atoms with E-state index in [1.54, 1.807) is 4.90 Å². The number of rotatable bonds is 11. The zero-order valence-electron chi connectivity index (χ0n) is 18.7. The van der Waals surface area contributed by atoms with E-state index < -0.39 is 6.04 Å². The van der Waals surface area contributed by atoms with Crippen LogP contribution >= 0.6 is 0 Å². The normalized spacial score (nSPS) is 11.5. The SMILES string of the molecule is CCCCNC(=O)[C@H](c1ccccc1)N(Cc1ccccc1)C(=O)CCc1ccccc1. The fraction of sp³-hybridized carbons (Fsp3) is 0.286. The van der Waals surface area contributed by atoms with Gasteiger partial charge in [0.1, 0.15) is 6.04 Å². The Bertz CT molecular complexity index is 958. The summed E-state index contributed by atoms with van der Waals surface area (Å²) in [6.45, 7) is 3.08. The molecule has 166 valence electrons. The van der Waals surface area contributed by atoms with Crippen LogP contribution in [0.1, 0.15) is 48.9 Å². The molecule has 0 aliphatic heterocycles. The fourth-order valence-electron chi connectivity index (χ4n) is 3.74. The number of benzene rings is 3. The molecule has 0 aromatic heterocycles. The van der Waals surface area contributed by atoms with Gasteiger partial charge in [-0.25, -0.2) is 0 Å². The zero-order chi connectivity index (χ0) is 22.6. The van der Waals surface area contributed by atoms with Crippen LogP contribution < -0.4 is 5.32 Å². The third-order valence-electron chi connectivity index (χ3n) is 5.49. The van der Waals surface area contributed by atoms with Crippen LogP contribution in [0.5, 0.6) is 0 Å². The number of nitrogens with zero attached hydrogens (tertiary/aromatic N) is 1. The molecule has 0 aliphatic rings. The lowest BCUT2D eigenvalue weighted by molar-refractivity contribution is -0.141. The smallest absolute Gasteiger partial charge is 0.247 e. The molecule has 0 heterocycles. The number of carbonyl (C=O) groups is 2. The predicted molar refractivity (Wildman–Crippen MR) is 129 cm³/mol. The Labute approximate surface area is 191 Å². The lowest BCUT2D eigenvalue weighted by Crippen LogP contribution is -2.43. The Balaban J connectivity index is 1.88. The van der Waals surface area contributed by atoms with Crippen molar-refractivity contribution >= 4 is 11.8 Å². The lowest BCUT2D eigenvalue weighted by atomic mass is 10.0. The van der Waals surface area contributed by atoms with Crippen molar-refractivity contribution in [3.63, 3.8) is 0 Å². The molecule has 0 radical (unpaired) electrons. The van der Waals surface area contributed by atoms with Crippen LogP contribution in [0, 0.1) is 0 Å². The summed E-state index contributed by atoms with van der Waals surface area (Å²) < 4.78 is 0. The van der Waals surface area contributed by atoms with Crippen LogP contribution in [0.2, 0.25) is 0 Å². The number of hydrogen-bond acceptors (Lipinski definition) is 2. The molecule has 0 fully saturated rings. The van der Waals surface area contributed by atoms with Crippen LogP contribution in [0.4, 0.5) is 0 Å². The third kappa shape index (κ3) is 6.81. The monoisotopic (exact) mass is 428 g/mol. The van der Waals surface area contributed by atoms with Crippen molar-refractivity contribution in [3.05, 3.63) is 108 Å². The lowest BCUT2D eigenvalue weighted by Gasteiger charge is -2.32. The maximum absolute atomic E-state index is 13.5. The van der Waals surface area contributed by atoms with Gasteiger partial charge >= 0.3 is 0 Å². The number of unbranched alkanes of at least 4 members (excludes halogenated alkanes) is 1. The molecule has 0 saturated heterocycles. The average Bonchev–Trinajstić information content (AvgIpc) is 2.84. The highest BCUT2D eigenvalue weighted by Crippen LogP contribution is 2.25. The molecule has 3 aromatic carbocycles. The van der Waals surface area contributed by atoms with E-state index in [-0.39, 0.29) is 11.8 Å². The number of hydrogen-bond donors (Lipinski definition) is 1. The highest BCUT2D eigenvalue weighted by atomic mass is 16.2. The molecule has 2 amide bonds. The van der Waals surface area contributed by atoms with E-state index >= 15 is 0 Å². The highest BCUT2D eigenvalue weighted by Gasteiger charge is 2.31. The quantitative estimate of drug-likeness (QED) is 0.421. The van der Waals surface area contributed by atoms with E-state index in [1.807, 2.05) is 91.0 Å². The second kappa shape index (κ2) is 12.5. The maximum atomic E-state index is 13.5. The van der Waals surface area contributed by atoms with Crippen LogP contribution in [-0.2, 0) is 22.6 Å². The van der Waals surface area contributed by atoms with Gasteiger partial charge in [-0.3, -0.25) is 9.59 Å². The Morgan fingerprint density at radius 2 is 1.38 bits per heavy atom. The van der Waals surface area contributed by atoms with Gasteiger partial charge in [0.15, 0.2) is 0 Å². The minimum Gasteiger partial charge on any atom is -0.354 e. The number of amides is 2. The molecule has 0 unspecified atom stereocenters. The molecule has 3 aromatic rings. The van der Waals surface area contributed by atoms with Crippen molar-refractivity contribution < 1.29 is 9.59 Å². The summed E-state index contributed by atoms with van der Waals surface area (Å²) in [6.07, 6.45) is 2.90. The van der Waals surface area contributed by atoms with Crippen molar-refractivity contribution in [2.45, 2.75) is 45.2 Å². The first kappa shape index (κ1) is 23.3.